The van der Waals surface area contributed by atoms with Gasteiger partial charge in [0.25, 0.3) is 0 Å². The van der Waals surface area contributed by atoms with Crippen LogP contribution in [0.5, 0.6) is 0 Å². The van der Waals surface area contributed by atoms with Gasteiger partial charge in [-0.25, -0.2) is 15.0 Å². The molecule has 0 radical (unpaired) electrons. The van der Waals surface area contributed by atoms with E-state index in [1.165, 1.54) is 12.8 Å². The molecule has 0 atom stereocenters. The summed E-state index contributed by atoms with van der Waals surface area (Å²) in [5.41, 5.74) is 0. The smallest absolute Gasteiger partial charge is 0.147 e. The number of nitrogens with zero attached hydrogens (tertiary/aromatic N) is 6. The third-order valence-electron chi connectivity index (χ3n) is 4.88. The highest BCUT2D eigenvalue weighted by Gasteiger charge is 2.22. The van der Waals surface area contributed by atoms with Gasteiger partial charge in [0.2, 0.25) is 0 Å². The average molecular weight is 359 g/mol. The fraction of sp³-hybridized carbons (Fsp3) is 0.500. The van der Waals surface area contributed by atoms with Crippen LogP contribution in [0.15, 0.2) is 24.4 Å². The summed E-state index contributed by atoms with van der Waals surface area (Å²) in [6.45, 7) is 7.76. The highest BCUT2D eigenvalue weighted by molar-refractivity contribution is 6.32. The molecule has 0 saturated carbocycles. The minimum Gasteiger partial charge on any atom is -0.356 e. The molecule has 132 valence electrons. The Kier molecular flexibility index (Phi) is 4.61. The van der Waals surface area contributed by atoms with E-state index in [1.807, 2.05) is 19.1 Å². The highest BCUT2D eigenvalue weighted by Crippen LogP contribution is 2.26. The quantitative estimate of drug-likeness (QED) is 0.840. The molecule has 0 unspecified atom stereocenters. The van der Waals surface area contributed by atoms with Crippen molar-refractivity contribution in [2.45, 2.75) is 19.8 Å². The van der Waals surface area contributed by atoms with Crippen molar-refractivity contribution in [3.8, 4) is 0 Å². The highest BCUT2D eigenvalue weighted by atomic mass is 35.5. The van der Waals surface area contributed by atoms with E-state index < -0.39 is 0 Å². The number of rotatable bonds is 3. The Morgan fingerprint density at radius 3 is 2.12 bits per heavy atom. The molecule has 7 heteroatoms. The second-order valence-electron chi connectivity index (χ2n) is 6.61. The van der Waals surface area contributed by atoms with Gasteiger partial charge in [-0.2, -0.15) is 0 Å². The zero-order valence-corrected chi connectivity index (χ0v) is 15.3. The van der Waals surface area contributed by atoms with E-state index in [-0.39, 0.29) is 0 Å². The normalized spacial score (nSPS) is 18.1. The summed E-state index contributed by atoms with van der Waals surface area (Å²) in [6, 6.07) is 5.90. The molecular weight excluding hydrogens is 336 g/mol. The van der Waals surface area contributed by atoms with Crippen molar-refractivity contribution >= 4 is 29.1 Å². The lowest BCUT2D eigenvalue weighted by atomic mass is 10.3. The van der Waals surface area contributed by atoms with E-state index in [4.69, 9.17) is 11.6 Å². The predicted octanol–water partition coefficient (Wildman–Crippen LogP) is 2.76. The summed E-state index contributed by atoms with van der Waals surface area (Å²) in [6.07, 6.45) is 4.30. The largest absolute Gasteiger partial charge is 0.356 e. The Balaban J connectivity index is 1.48. The molecule has 6 nitrogen and oxygen atoms in total. The van der Waals surface area contributed by atoms with Gasteiger partial charge in [-0.05, 0) is 31.9 Å². The first-order valence-electron chi connectivity index (χ1n) is 8.92. The number of aryl methyl sites for hydroxylation is 1. The van der Waals surface area contributed by atoms with Crippen LogP contribution in [0.2, 0.25) is 5.02 Å². The van der Waals surface area contributed by atoms with E-state index >= 15 is 0 Å². The van der Waals surface area contributed by atoms with Crippen molar-refractivity contribution in [3.05, 3.63) is 35.2 Å². The second kappa shape index (κ2) is 7.04. The van der Waals surface area contributed by atoms with Crippen LogP contribution in [0.4, 0.5) is 17.5 Å². The van der Waals surface area contributed by atoms with Crippen LogP contribution in [0.25, 0.3) is 0 Å². The predicted molar refractivity (Wildman–Crippen MR) is 102 cm³/mol. The van der Waals surface area contributed by atoms with Crippen molar-refractivity contribution in [2.75, 3.05) is 54.0 Å². The molecule has 0 spiro atoms. The summed E-state index contributed by atoms with van der Waals surface area (Å²) in [5, 5.41) is 0.713. The summed E-state index contributed by atoms with van der Waals surface area (Å²) >= 11 is 6.28. The number of hydrogen-bond donors (Lipinski definition) is 0. The lowest BCUT2D eigenvalue weighted by Crippen LogP contribution is -2.47. The Labute approximate surface area is 153 Å². The zero-order chi connectivity index (χ0) is 17.2. The molecule has 4 heterocycles. The van der Waals surface area contributed by atoms with Gasteiger partial charge in [0, 0.05) is 51.5 Å². The van der Waals surface area contributed by atoms with Crippen LogP contribution in [0, 0.1) is 6.92 Å². The maximum absolute atomic E-state index is 6.28. The molecular formula is C18H23ClN6. The first-order chi connectivity index (χ1) is 12.2. The van der Waals surface area contributed by atoms with Gasteiger partial charge in [0.15, 0.2) is 0 Å². The van der Waals surface area contributed by atoms with Gasteiger partial charge >= 0.3 is 0 Å². The molecule has 0 aliphatic carbocycles. The Hall–Kier alpha value is -2.08. The Morgan fingerprint density at radius 2 is 1.48 bits per heavy atom. The number of halogens is 1. The van der Waals surface area contributed by atoms with Crippen molar-refractivity contribution in [2.24, 2.45) is 0 Å². The molecule has 4 rings (SSSR count). The molecule has 2 saturated heterocycles. The maximum Gasteiger partial charge on any atom is 0.147 e. The lowest BCUT2D eigenvalue weighted by molar-refractivity contribution is 0.640. The summed E-state index contributed by atoms with van der Waals surface area (Å²) in [5.74, 6) is 3.81. The zero-order valence-electron chi connectivity index (χ0n) is 14.5. The van der Waals surface area contributed by atoms with Crippen LogP contribution < -0.4 is 14.7 Å². The SMILES string of the molecule is Cc1nc(N2CCCC2)cc(N2CCN(c3ncccc3Cl)CC2)n1. The van der Waals surface area contributed by atoms with Gasteiger partial charge < -0.3 is 14.7 Å². The van der Waals surface area contributed by atoms with Gasteiger partial charge in [0.05, 0.1) is 5.02 Å². The van der Waals surface area contributed by atoms with Gasteiger partial charge in [-0.15, -0.1) is 0 Å². The monoisotopic (exact) mass is 358 g/mol. The summed E-state index contributed by atoms with van der Waals surface area (Å²) in [7, 11) is 0. The molecule has 2 aliphatic rings. The standard InChI is InChI=1S/C18H23ClN6/c1-14-21-16(23-7-2-3-8-23)13-17(22-14)24-9-11-25(12-10-24)18-15(19)5-4-6-20-18/h4-6,13H,2-3,7-12H2,1H3. The Morgan fingerprint density at radius 1 is 0.880 bits per heavy atom. The third-order valence-corrected chi connectivity index (χ3v) is 5.18. The number of aromatic nitrogens is 3. The number of pyridine rings is 1. The second-order valence-corrected chi connectivity index (χ2v) is 7.02. The van der Waals surface area contributed by atoms with Crippen molar-refractivity contribution in [1.29, 1.82) is 0 Å². The maximum atomic E-state index is 6.28. The van der Waals surface area contributed by atoms with Crippen molar-refractivity contribution in [3.63, 3.8) is 0 Å². The van der Waals surface area contributed by atoms with Crippen LogP contribution in [-0.2, 0) is 0 Å². The Bertz CT molecular complexity index is 738. The number of anilines is 3. The van der Waals surface area contributed by atoms with Gasteiger partial charge in [-0.1, -0.05) is 11.6 Å². The summed E-state index contributed by atoms with van der Waals surface area (Å²) in [4.78, 5) is 20.7. The number of hydrogen-bond acceptors (Lipinski definition) is 6. The van der Waals surface area contributed by atoms with E-state index in [9.17, 15) is 0 Å². The molecule has 0 bridgehead atoms. The topological polar surface area (TPSA) is 48.4 Å². The fourth-order valence-electron chi connectivity index (χ4n) is 3.56. The number of piperazine rings is 1. The van der Waals surface area contributed by atoms with E-state index in [0.29, 0.717) is 5.02 Å². The lowest BCUT2D eigenvalue weighted by Gasteiger charge is -2.36. The van der Waals surface area contributed by atoms with Gasteiger partial charge in [-0.3, -0.25) is 0 Å². The molecule has 0 N–H and O–H groups in total. The van der Waals surface area contributed by atoms with Crippen molar-refractivity contribution < 1.29 is 0 Å². The minimum atomic E-state index is 0.713. The molecule has 0 amide bonds. The van der Waals surface area contributed by atoms with E-state index in [0.717, 1.165) is 62.5 Å². The van der Waals surface area contributed by atoms with Crippen LogP contribution in [0.1, 0.15) is 18.7 Å². The van der Waals surface area contributed by atoms with E-state index in [2.05, 4.69) is 35.7 Å². The molecule has 2 fully saturated rings. The van der Waals surface area contributed by atoms with Crippen LogP contribution in [-0.4, -0.2) is 54.2 Å². The van der Waals surface area contributed by atoms with E-state index in [1.54, 1.807) is 6.20 Å². The molecule has 2 aliphatic heterocycles. The molecule has 0 aromatic carbocycles. The van der Waals surface area contributed by atoms with Crippen LogP contribution >= 0.6 is 11.6 Å². The first-order valence-corrected chi connectivity index (χ1v) is 9.29. The molecule has 25 heavy (non-hydrogen) atoms. The first kappa shape index (κ1) is 16.4. The van der Waals surface area contributed by atoms with Crippen molar-refractivity contribution in [1.82, 2.24) is 15.0 Å². The summed E-state index contributed by atoms with van der Waals surface area (Å²) < 4.78 is 0. The third kappa shape index (κ3) is 3.49. The fourth-order valence-corrected chi connectivity index (χ4v) is 3.81. The molecule has 2 aromatic heterocycles. The van der Waals surface area contributed by atoms with Gasteiger partial charge in [0.1, 0.15) is 23.3 Å². The average Bonchev–Trinajstić information content (AvgIpc) is 3.17. The molecule has 2 aromatic rings. The van der Waals surface area contributed by atoms with Crippen LogP contribution in [0.3, 0.4) is 0 Å². The minimum absolute atomic E-state index is 0.713.